The molecule has 4 rings (SSSR count). The Hall–Kier alpha value is -2.97. The summed E-state index contributed by atoms with van der Waals surface area (Å²) in [7, 11) is 0. The van der Waals surface area contributed by atoms with Gasteiger partial charge in [-0.15, -0.1) is 11.3 Å². The zero-order valence-electron chi connectivity index (χ0n) is 16.2. The Morgan fingerprint density at radius 3 is 2.66 bits per heavy atom. The first kappa shape index (κ1) is 19.4. The number of carbonyl (C=O) groups excluding carboxylic acids is 1. The van der Waals surface area contributed by atoms with Crippen LogP contribution < -0.4 is 11.1 Å². The SMILES string of the molecule is CC(C)N1CCc2nc3sc(C(=O)Nc4ccc(C(=O)O)cc4)c(N)c3cc2C1. The smallest absolute Gasteiger partial charge is 0.335 e. The highest BCUT2D eigenvalue weighted by Crippen LogP contribution is 2.35. The summed E-state index contributed by atoms with van der Waals surface area (Å²) in [5.41, 5.74) is 9.65. The van der Waals surface area contributed by atoms with Crippen LogP contribution in [0, 0.1) is 0 Å². The second kappa shape index (κ2) is 7.46. The summed E-state index contributed by atoms with van der Waals surface area (Å²) in [4.78, 5) is 32.1. The van der Waals surface area contributed by atoms with Crippen molar-refractivity contribution in [2.45, 2.75) is 32.9 Å². The van der Waals surface area contributed by atoms with Gasteiger partial charge in [0.25, 0.3) is 5.91 Å². The highest BCUT2D eigenvalue weighted by molar-refractivity contribution is 7.21. The Morgan fingerprint density at radius 1 is 1.28 bits per heavy atom. The molecule has 0 radical (unpaired) electrons. The molecule has 0 fully saturated rings. The number of fused-ring (bicyclic) bond motifs is 2. The second-order valence-electron chi connectivity index (χ2n) is 7.44. The molecule has 2 aromatic heterocycles. The topological polar surface area (TPSA) is 109 Å². The molecule has 1 aliphatic heterocycles. The Kier molecular flexibility index (Phi) is 4.97. The predicted molar refractivity (Wildman–Crippen MR) is 115 cm³/mol. The van der Waals surface area contributed by atoms with Gasteiger partial charge >= 0.3 is 5.97 Å². The van der Waals surface area contributed by atoms with Crippen LogP contribution in [0.2, 0.25) is 0 Å². The Bertz CT molecular complexity index is 1110. The van der Waals surface area contributed by atoms with E-state index in [1.54, 1.807) is 12.1 Å². The number of hydrogen-bond donors (Lipinski definition) is 3. The Morgan fingerprint density at radius 2 is 2.00 bits per heavy atom. The van der Waals surface area contributed by atoms with Crippen molar-refractivity contribution in [3.63, 3.8) is 0 Å². The molecular formula is C21H22N4O3S. The number of carboxylic acids is 1. The molecular weight excluding hydrogens is 388 g/mol. The number of nitrogen functional groups attached to an aromatic ring is 1. The number of rotatable bonds is 4. The summed E-state index contributed by atoms with van der Waals surface area (Å²) in [5, 5.41) is 12.6. The van der Waals surface area contributed by atoms with E-state index in [1.807, 2.05) is 0 Å². The predicted octanol–water partition coefficient (Wildman–Crippen LogP) is 3.60. The van der Waals surface area contributed by atoms with E-state index < -0.39 is 5.97 Å². The second-order valence-corrected chi connectivity index (χ2v) is 8.44. The number of thiophene rings is 1. The number of anilines is 2. The van der Waals surface area contributed by atoms with Gasteiger partial charge in [0, 0.05) is 42.3 Å². The zero-order chi connectivity index (χ0) is 20.7. The minimum absolute atomic E-state index is 0.162. The molecule has 0 unspecified atom stereocenters. The van der Waals surface area contributed by atoms with Crippen molar-refractivity contribution >= 4 is 44.8 Å². The Labute approximate surface area is 172 Å². The van der Waals surface area contributed by atoms with Crippen molar-refractivity contribution in [1.82, 2.24) is 9.88 Å². The molecule has 1 amide bonds. The van der Waals surface area contributed by atoms with Crippen LogP contribution in [0.5, 0.6) is 0 Å². The minimum Gasteiger partial charge on any atom is -0.478 e. The van der Waals surface area contributed by atoms with Crippen LogP contribution >= 0.6 is 11.3 Å². The minimum atomic E-state index is -1.01. The van der Waals surface area contributed by atoms with Gasteiger partial charge in [0.2, 0.25) is 0 Å². The molecule has 4 N–H and O–H groups in total. The van der Waals surface area contributed by atoms with E-state index in [0.29, 0.717) is 22.3 Å². The molecule has 0 bridgehead atoms. The van der Waals surface area contributed by atoms with Crippen molar-refractivity contribution in [2.24, 2.45) is 0 Å². The quantitative estimate of drug-likeness (QED) is 0.606. The maximum atomic E-state index is 12.8. The summed E-state index contributed by atoms with van der Waals surface area (Å²) in [6, 6.07) is 8.54. The van der Waals surface area contributed by atoms with Crippen molar-refractivity contribution in [3.8, 4) is 0 Å². The lowest BCUT2D eigenvalue weighted by Crippen LogP contribution is -2.36. The number of aromatic nitrogens is 1. The van der Waals surface area contributed by atoms with Crippen LogP contribution in [0.1, 0.15) is 45.1 Å². The van der Waals surface area contributed by atoms with Gasteiger partial charge in [0.05, 0.1) is 11.3 Å². The van der Waals surface area contributed by atoms with Gasteiger partial charge in [-0.25, -0.2) is 9.78 Å². The maximum Gasteiger partial charge on any atom is 0.335 e. The van der Waals surface area contributed by atoms with Gasteiger partial charge in [0.1, 0.15) is 9.71 Å². The van der Waals surface area contributed by atoms with Crippen LogP contribution in [0.4, 0.5) is 11.4 Å². The molecule has 3 heterocycles. The third-order valence-electron chi connectivity index (χ3n) is 5.23. The summed E-state index contributed by atoms with van der Waals surface area (Å²) in [5.74, 6) is -1.34. The average molecular weight is 410 g/mol. The van der Waals surface area contributed by atoms with Gasteiger partial charge in [0.15, 0.2) is 0 Å². The number of carboxylic acid groups (broad SMARTS) is 1. The molecule has 8 heteroatoms. The lowest BCUT2D eigenvalue weighted by atomic mass is 10.0. The molecule has 7 nitrogen and oxygen atoms in total. The standard InChI is InChI=1S/C21H22N4O3S/c1-11(2)25-8-7-16-13(10-25)9-15-17(22)18(29-20(15)24-16)19(26)23-14-5-3-12(4-6-14)21(27)28/h3-6,9,11H,7-8,10,22H2,1-2H3,(H,23,26)(H,27,28). The normalized spacial score (nSPS) is 14.2. The molecule has 0 aliphatic carbocycles. The average Bonchev–Trinajstić information content (AvgIpc) is 3.02. The third kappa shape index (κ3) is 3.68. The summed E-state index contributed by atoms with van der Waals surface area (Å²) in [6.07, 6.45) is 0.888. The lowest BCUT2D eigenvalue weighted by molar-refractivity contribution is 0.0696. The first-order chi connectivity index (χ1) is 13.8. The first-order valence-electron chi connectivity index (χ1n) is 9.43. The highest BCUT2D eigenvalue weighted by Gasteiger charge is 2.23. The zero-order valence-corrected chi connectivity index (χ0v) is 17.0. The number of nitrogens with one attached hydrogen (secondary N) is 1. The summed E-state index contributed by atoms with van der Waals surface area (Å²) < 4.78 is 0. The molecule has 0 saturated heterocycles. The van der Waals surface area contributed by atoms with E-state index >= 15 is 0 Å². The van der Waals surface area contributed by atoms with Gasteiger partial charge < -0.3 is 16.2 Å². The molecule has 0 saturated carbocycles. The van der Waals surface area contributed by atoms with Crippen LogP contribution in [-0.2, 0) is 13.0 Å². The molecule has 0 spiro atoms. The summed E-state index contributed by atoms with van der Waals surface area (Å²) in [6.45, 7) is 6.18. The molecule has 150 valence electrons. The molecule has 1 aliphatic rings. The van der Waals surface area contributed by atoms with Gasteiger partial charge in [-0.2, -0.15) is 0 Å². The highest BCUT2D eigenvalue weighted by atomic mass is 32.1. The lowest BCUT2D eigenvalue weighted by Gasteiger charge is -2.31. The van der Waals surface area contributed by atoms with E-state index in [0.717, 1.165) is 41.0 Å². The van der Waals surface area contributed by atoms with E-state index in [-0.39, 0.29) is 11.5 Å². The number of pyridine rings is 1. The Balaban J connectivity index is 1.61. The third-order valence-corrected chi connectivity index (χ3v) is 6.34. The van der Waals surface area contributed by atoms with Gasteiger partial charge in [-0.05, 0) is 49.7 Å². The fourth-order valence-corrected chi connectivity index (χ4v) is 4.50. The number of nitrogens with two attached hydrogens (primary N) is 1. The van der Waals surface area contributed by atoms with E-state index in [2.05, 4.69) is 30.1 Å². The number of nitrogens with zero attached hydrogens (tertiary/aromatic N) is 2. The van der Waals surface area contributed by atoms with E-state index in [1.165, 1.54) is 23.5 Å². The monoisotopic (exact) mass is 410 g/mol. The number of carbonyl (C=O) groups is 2. The number of benzene rings is 1. The van der Waals surface area contributed by atoms with Crippen molar-refractivity contribution < 1.29 is 14.7 Å². The maximum absolute atomic E-state index is 12.8. The largest absolute Gasteiger partial charge is 0.478 e. The summed E-state index contributed by atoms with van der Waals surface area (Å²) >= 11 is 1.28. The van der Waals surface area contributed by atoms with Crippen molar-refractivity contribution in [3.05, 3.63) is 52.0 Å². The number of hydrogen-bond acceptors (Lipinski definition) is 6. The van der Waals surface area contributed by atoms with Crippen LogP contribution in [0.15, 0.2) is 30.3 Å². The van der Waals surface area contributed by atoms with E-state index in [4.69, 9.17) is 15.8 Å². The van der Waals surface area contributed by atoms with Crippen molar-refractivity contribution in [1.29, 1.82) is 0 Å². The van der Waals surface area contributed by atoms with Crippen LogP contribution in [0.3, 0.4) is 0 Å². The molecule has 0 atom stereocenters. The van der Waals surface area contributed by atoms with E-state index in [9.17, 15) is 9.59 Å². The van der Waals surface area contributed by atoms with Crippen LogP contribution in [0.25, 0.3) is 10.2 Å². The molecule has 3 aromatic rings. The van der Waals surface area contributed by atoms with Gasteiger partial charge in [-0.3, -0.25) is 9.69 Å². The number of amides is 1. The molecule has 1 aromatic carbocycles. The number of aromatic carboxylic acids is 1. The first-order valence-corrected chi connectivity index (χ1v) is 10.2. The van der Waals surface area contributed by atoms with Crippen molar-refractivity contribution in [2.75, 3.05) is 17.6 Å². The molecule has 29 heavy (non-hydrogen) atoms. The fraction of sp³-hybridized carbons (Fsp3) is 0.286. The fourth-order valence-electron chi connectivity index (χ4n) is 3.51. The van der Waals surface area contributed by atoms with Gasteiger partial charge in [-0.1, -0.05) is 0 Å². The van der Waals surface area contributed by atoms with Crippen LogP contribution in [-0.4, -0.2) is 39.5 Å².